The molecule has 21 heavy (non-hydrogen) atoms. The second kappa shape index (κ2) is 5.28. The standard InChI is InChI=1S/C16H14N2O3/c17-12-6-7-14-13(10-12)15(19)18(16(20)21-14)9-8-11-4-2-1-3-5-11/h1-7,10H,8-9,17H2. The quantitative estimate of drug-likeness (QED) is 0.743. The molecule has 2 N–H and O–H groups in total. The van der Waals surface area contributed by atoms with Gasteiger partial charge in [0, 0.05) is 12.2 Å². The summed E-state index contributed by atoms with van der Waals surface area (Å²) in [5, 5.41) is 0.322. The molecule has 0 aliphatic heterocycles. The van der Waals surface area contributed by atoms with E-state index < -0.39 is 5.76 Å². The minimum absolute atomic E-state index is 0.259. The zero-order valence-corrected chi connectivity index (χ0v) is 11.3. The molecule has 0 saturated carbocycles. The summed E-state index contributed by atoms with van der Waals surface area (Å²) >= 11 is 0. The molecule has 0 amide bonds. The highest BCUT2D eigenvalue weighted by Crippen LogP contribution is 2.12. The zero-order valence-electron chi connectivity index (χ0n) is 11.3. The van der Waals surface area contributed by atoms with Crippen LogP contribution in [0.3, 0.4) is 0 Å². The number of nitrogen functional groups attached to an aromatic ring is 1. The summed E-state index contributed by atoms with van der Waals surface area (Å²) in [5.74, 6) is -0.645. The maximum atomic E-state index is 12.4. The highest BCUT2D eigenvalue weighted by Gasteiger charge is 2.09. The van der Waals surface area contributed by atoms with E-state index in [4.69, 9.17) is 10.2 Å². The minimum Gasteiger partial charge on any atom is -0.409 e. The van der Waals surface area contributed by atoms with Crippen LogP contribution in [0.25, 0.3) is 11.0 Å². The van der Waals surface area contributed by atoms with Crippen LogP contribution in [-0.4, -0.2) is 4.57 Å². The molecule has 0 atom stereocenters. The van der Waals surface area contributed by atoms with Crippen LogP contribution in [0.2, 0.25) is 0 Å². The molecule has 106 valence electrons. The Morgan fingerprint density at radius 3 is 2.57 bits per heavy atom. The van der Waals surface area contributed by atoms with Crippen LogP contribution < -0.4 is 17.0 Å². The first kappa shape index (κ1) is 13.2. The van der Waals surface area contributed by atoms with Crippen LogP contribution in [-0.2, 0) is 13.0 Å². The molecule has 0 fully saturated rings. The lowest BCUT2D eigenvalue weighted by atomic mass is 10.1. The fraction of sp³-hybridized carbons (Fsp3) is 0.125. The van der Waals surface area contributed by atoms with Gasteiger partial charge in [0.05, 0.1) is 5.39 Å². The van der Waals surface area contributed by atoms with E-state index in [0.29, 0.717) is 17.5 Å². The molecular weight excluding hydrogens is 268 g/mol. The first-order valence-electron chi connectivity index (χ1n) is 6.62. The lowest BCUT2D eigenvalue weighted by molar-refractivity contribution is 0.456. The summed E-state index contributed by atoms with van der Waals surface area (Å²) < 4.78 is 6.27. The van der Waals surface area contributed by atoms with Crippen molar-refractivity contribution < 1.29 is 4.42 Å². The molecule has 0 bridgehead atoms. The summed E-state index contributed by atoms with van der Waals surface area (Å²) in [5.41, 5.74) is 7.08. The molecule has 0 aliphatic rings. The van der Waals surface area contributed by atoms with Crippen molar-refractivity contribution in [3.05, 3.63) is 75.0 Å². The van der Waals surface area contributed by atoms with Crippen LogP contribution in [0, 0.1) is 0 Å². The Morgan fingerprint density at radius 1 is 1.05 bits per heavy atom. The van der Waals surface area contributed by atoms with Gasteiger partial charge in [0.25, 0.3) is 5.56 Å². The number of benzene rings is 2. The van der Waals surface area contributed by atoms with E-state index in [1.54, 1.807) is 6.07 Å². The summed E-state index contributed by atoms with van der Waals surface area (Å²) in [4.78, 5) is 24.3. The number of hydrogen-bond donors (Lipinski definition) is 1. The van der Waals surface area contributed by atoms with Gasteiger partial charge in [0.2, 0.25) is 0 Å². The zero-order chi connectivity index (χ0) is 14.8. The number of aryl methyl sites for hydroxylation is 1. The SMILES string of the molecule is Nc1ccc2oc(=O)n(CCc3ccccc3)c(=O)c2c1. The lowest BCUT2D eigenvalue weighted by Crippen LogP contribution is -2.33. The highest BCUT2D eigenvalue weighted by atomic mass is 16.4. The molecule has 0 radical (unpaired) electrons. The average molecular weight is 282 g/mol. The Morgan fingerprint density at radius 2 is 1.81 bits per heavy atom. The third-order valence-corrected chi connectivity index (χ3v) is 3.36. The fourth-order valence-corrected chi connectivity index (χ4v) is 2.26. The van der Waals surface area contributed by atoms with Crippen molar-refractivity contribution in [2.45, 2.75) is 13.0 Å². The average Bonchev–Trinajstić information content (AvgIpc) is 2.49. The van der Waals surface area contributed by atoms with Gasteiger partial charge in [-0.05, 0) is 30.2 Å². The maximum Gasteiger partial charge on any atom is 0.422 e. The number of anilines is 1. The summed E-state index contributed by atoms with van der Waals surface area (Å²) in [6, 6.07) is 14.3. The first-order chi connectivity index (χ1) is 10.1. The monoisotopic (exact) mass is 282 g/mol. The number of fused-ring (bicyclic) bond motifs is 1. The smallest absolute Gasteiger partial charge is 0.409 e. The van der Waals surface area contributed by atoms with Crippen molar-refractivity contribution in [3.8, 4) is 0 Å². The number of hydrogen-bond acceptors (Lipinski definition) is 4. The highest BCUT2D eigenvalue weighted by molar-refractivity contribution is 5.79. The van der Waals surface area contributed by atoms with Crippen molar-refractivity contribution in [1.82, 2.24) is 4.57 Å². The molecular formula is C16H14N2O3. The molecule has 0 saturated heterocycles. The van der Waals surface area contributed by atoms with Gasteiger partial charge in [-0.25, -0.2) is 9.36 Å². The fourth-order valence-electron chi connectivity index (χ4n) is 2.26. The van der Waals surface area contributed by atoms with E-state index in [2.05, 4.69) is 0 Å². The molecule has 0 aliphatic carbocycles. The third kappa shape index (κ3) is 2.58. The molecule has 1 heterocycles. The van der Waals surface area contributed by atoms with Gasteiger partial charge in [0.15, 0.2) is 0 Å². The largest absolute Gasteiger partial charge is 0.422 e. The van der Waals surface area contributed by atoms with Gasteiger partial charge in [-0.3, -0.25) is 4.79 Å². The van der Waals surface area contributed by atoms with E-state index in [-0.39, 0.29) is 17.7 Å². The number of nitrogens with zero attached hydrogens (tertiary/aromatic N) is 1. The minimum atomic E-state index is -0.645. The van der Waals surface area contributed by atoms with Crippen molar-refractivity contribution in [2.75, 3.05) is 5.73 Å². The van der Waals surface area contributed by atoms with E-state index in [1.165, 1.54) is 12.1 Å². The topological polar surface area (TPSA) is 78.2 Å². The number of rotatable bonds is 3. The normalized spacial score (nSPS) is 10.9. The predicted molar refractivity (Wildman–Crippen MR) is 81.3 cm³/mol. The molecule has 3 aromatic rings. The molecule has 1 aromatic heterocycles. The van der Waals surface area contributed by atoms with Gasteiger partial charge < -0.3 is 10.2 Å². The van der Waals surface area contributed by atoms with Crippen molar-refractivity contribution in [3.63, 3.8) is 0 Å². The molecule has 0 unspecified atom stereocenters. The Balaban J connectivity index is 2.02. The van der Waals surface area contributed by atoms with Crippen LogP contribution in [0.4, 0.5) is 5.69 Å². The molecule has 5 heteroatoms. The van der Waals surface area contributed by atoms with Gasteiger partial charge in [0.1, 0.15) is 5.58 Å². The summed E-state index contributed by atoms with van der Waals surface area (Å²) in [7, 11) is 0. The third-order valence-electron chi connectivity index (χ3n) is 3.36. The molecule has 2 aromatic carbocycles. The van der Waals surface area contributed by atoms with Crippen molar-refractivity contribution in [1.29, 1.82) is 0 Å². The lowest BCUT2D eigenvalue weighted by Gasteiger charge is -2.06. The van der Waals surface area contributed by atoms with E-state index in [1.807, 2.05) is 30.3 Å². The van der Waals surface area contributed by atoms with Crippen LogP contribution >= 0.6 is 0 Å². The number of nitrogens with two attached hydrogens (primary N) is 1. The van der Waals surface area contributed by atoms with Crippen molar-refractivity contribution >= 4 is 16.7 Å². The van der Waals surface area contributed by atoms with Crippen LogP contribution in [0.15, 0.2) is 62.5 Å². The molecule has 0 spiro atoms. The number of aromatic nitrogens is 1. The van der Waals surface area contributed by atoms with E-state index in [9.17, 15) is 9.59 Å². The second-order valence-corrected chi connectivity index (χ2v) is 4.82. The van der Waals surface area contributed by atoms with Gasteiger partial charge >= 0.3 is 5.76 Å². The Kier molecular flexibility index (Phi) is 3.31. The summed E-state index contributed by atoms with van der Waals surface area (Å²) in [6.45, 7) is 0.274. The van der Waals surface area contributed by atoms with Crippen molar-refractivity contribution in [2.24, 2.45) is 0 Å². The Bertz CT molecular complexity index is 895. The van der Waals surface area contributed by atoms with E-state index in [0.717, 1.165) is 10.1 Å². The maximum absolute atomic E-state index is 12.4. The van der Waals surface area contributed by atoms with Gasteiger partial charge in [-0.1, -0.05) is 30.3 Å². The predicted octanol–water partition coefficient (Wildman–Crippen LogP) is 1.78. The molecule has 3 rings (SSSR count). The van der Waals surface area contributed by atoms with Crippen LogP contribution in [0.1, 0.15) is 5.56 Å². The second-order valence-electron chi connectivity index (χ2n) is 4.82. The first-order valence-corrected chi connectivity index (χ1v) is 6.62. The Hall–Kier alpha value is -2.82. The molecule has 5 nitrogen and oxygen atoms in total. The Labute approximate surface area is 120 Å². The summed E-state index contributed by atoms with van der Waals surface area (Å²) in [6.07, 6.45) is 0.583. The van der Waals surface area contributed by atoms with Gasteiger partial charge in [-0.2, -0.15) is 0 Å². The van der Waals surface area contributed by atoms with Crippen LogP contribution in [0.5, 0.6) is 0 Å². The van der Waals surface area contributed by atoms with Gasteiger partial charge in [-0.15, -0.1) is 0 Å². The van der Waals surface area contributed by atoms with E-state index >= 15 is 0 Å².